The number of hydroxylamine groups is 4. The van der Waals surface area contributed by atoms with Gasteiger partial charge in [0.05, 0.1) is 36.1 Å². The van der Waals surface area contributed by atoms with E-state index in [4.69, 9.17) is 9.68 Å². The molecule has 0 radical (unpaired) electrons. The standard InChI is InChI=1S/C38H68N2O6/c1-11-13-15-17-19-21-27-45-39-35(3,4)25-23-29(37(39,7)8)31(33(41)42)32(34(43)44)30-24-26-36(5,6)40(38(30,9)10)46-28-22-20-18-16-14-12-2/h23-26,29-32H,11-22,27-28H2,1-10H3,(H,41,42)(H,43,44). The van der Waals surface area contributed by atoms with Crippen LogP contribution in [-0.2, 0) is 19.3 Å². The van der Waals surface area contributed by atoms with Crippen molar-refractivity contribution in [3.8, 4) is 0 Å². The molecule has 2 N–H and O–H groups in total. The largest absolute Gasteiger partial charge is 0.481 e. The smallest absolute Gasteiger partial charge is 0.308 e. The third-order valence-electron chi connectivity index (χ3n) is 10.3. The average molecular weight is 649 g/mol. The molecular formula is C38H68N2O6. The number of unbranched alkanes of at least 4 members (excludes halogenated alkanes) is 10. The Morgan fingerprint density at radius 3 is 1.20 bits per heavy atom. The Bertz CT molecular complexity index is 937. The summed E-state index contributed by atoms with van der Waals surface area (Å²) in [7, 11) is 0. The van der Waals surface area contributed by atoms with Crippen LogP contribution >= 0.6 is 0 Å². The van der Waals surface area contributed by atoms with E-state index in [9.17, 15) is 19.8 Å². The Balaban J connectivity index is 2.35. The van der Waals surface area contributed by atoms with Crippen LogP contribution in [0.4, 0.5) is 0 Å². The van der Waals surface area contributed by atoms with Crippen molar-refractivity contribution >= 4 is 11.9 Å². The molecule has 0 aliphatic carbocycles. The topological polar surface area (TPSA) is 99.5 Å². The van der Waals surface area contributed by atoms with Gasteiger partial charge in [-0.1, -0.05) is 102 Å². The number of hydrogen-bond acceptors (Lipinski definition) is 6. The summed E-state index contributed by atoms with van der Waals surface area (Å²) < 4.78 is 0. The van der Waals surface area contributed by atoms with Gasteiger partial charge in [0.1, 0.15) is 0 Å². The van der Waals surface area contributed by atoms with E-state index in [1.165, 1.54) is 51.4 Å². The average Bonchev–Trinajstić information content (AvgIpc) is 2.94. The molecule has 0 aromatic carbocycles. The fraction of sp³-hybridized carbons (Fsp3) is 0.842. The number of carbonyl (C=O) groups is 2. The predicted molar refractivity (Wildman–Crippen MR) is 186 cm³/mol. The third kappa shape index (κ3) is 10.1. The Hall–Kier alpha value is -1.74. The lowest BCUT2D eigenvalue weighted by molar-refractivity contribution is -0.279. The maximum Gasteiger partial charge on any atom is 0.308 e. The SMILES string of the molecule is CCCCCCCCON1C(C)(C)C=CC(C(C(=O)O)C(C(=O)O)C2C=CC(C)(C)N(OCCCCCCCC)C2(C)C)C1(C)C. The van der Waals surface area contributed by atoms with Crippen LogP contribution in [0.2, 0.25) is 0 Å². The maximum absolute atomic E-state index is 13.2. The fourth-order valence-electron chi connectivity index (χ4n) is 7.96. The Labute approximate surface area is 280 Å². The zero-order valence-corrected chi connectivity index (χ0v) is 30.9. The minimum Gasteiger partial charge on any atom is -0.481 e. The van der Waals surface area contributed by atoms with Gasteiger partial charge in [0.2, 0.25) is 0 Å². The molecule has 0 saturated heterocycles. The third-order valence-corrected chi connectivity index (χ3v) is 10.3. The quantitative estimate of drug-likeness (QED) is 0.0939. The van der Waals surface area contributed by atoms with Crippen LogP contribution in [0.3, 0.4) is 0 Å². The van der Waals surface area contributed by atoms with Gasteiger partial charge in [0, 0.05) is 22.9 Å². The summed E-state index contributed by atoms with van der Waals surface area (Å²) in [6.07, 6.45) is 21.5. The molecule has 2 aliphatic rings. The van der Waals surface area contributed by atoms with Gasteiger partial charge in [-0.3, -0.25) is 19.3 Å². The zero-order chi connectivity index (χ0) is 34.8. The molecule has 4 unspecified atom stereocenters. The van der Waals surface area contributed by atoms with E-state index in [2.05, 4.69) is 41.5 Å². The number of nitrogens with zero attached hydrogens (tertiary/aromatic N) is 2. The Morgan fingerprint density at radius 1 is 0.587 bits per heavy atom. The minimum atomic E-state index is -1.20. The first-order valence-electron chi connectivity index (χ1n) is 18.2. The number of rotatable bonds is 21. The number of aliphatic carboxylic acids is 2. The number of hydrogen-bond donors (Lipinski definition) is 2. The van der Waals surface area contributed by atoms with Crippen LogP contribution in [0.1, 0.15) is 146 Å². The first-order valence-corrected chi connectivity index (χ1v) is 18.2. The van der Waals surface area contributed by atoms with Crippen LogP contribution in [0.15, 0.2) is 24.3 Å². The van der Waals surface area contributed by atoms with Gasteiger partial charge in [-0.15, -0.1) is 0 Å². The molecule has 2 aliphatic heterocycles. The van der Waals surface area contributed by atoms with Crippen LogP contribution in [0.5, 0.6) is 0 Å². The number of carboxylic acid groups (broad SMARTS) is 2. The van der Waals surface area contributed by atoms with Crippen molar-refractivity contribution in [3.05, 3.63) is 24.3 Å². The van der Waals surface area contributed by atoms with Crippen LogP contribution < -0.4 is 0 Å². The second-order valence-electron chi connectivity index (χ2n) is 15.9. The molecule has 0 aromatic heterocycles. The van der Waals surface area contributed by atoms with Gasteiger partial charge in [0.15, 0.2) is 0 Å². The van der Waals surface area contributed by atoms with Gasteiger partial charge >= 0.3 is 11.9 Å². The Morgan fingerprint density at radius 2 is 0.891 bits per heavy atom. The molecule has 0 saturated carbocycles. The Kier molecular flexibility index (Phi) is 15.5. The summed E-state index contributed by atoms with van der Waals surface area (Å²) in [5.74, 6) is -5.84. The molecule has 2 heterocycles. The lowest BCUT2D eigenvalue weighted by Crippen LogP contribution is -2.65. The van der Waals surface area contributed by atoms with Gasteiger partial charge in [-0.05, 0) is 68.2 Å². The van der Waals surface area contributed by atoms with Gasteiger partial charge in [-0.25, -0.2) is 0 Å². The molecular weight excluding hydrogens is 580 g/mol. The van der Waals surface area contributed by atoms with Crippen LogP contribution in [0, 0.1) is 23.7 Å². The first kappa shape index (κ1) is 40.4. The highest BCUT2D eigenvalue weighted by molar-refractivity contribution is 5.81. The summed E-state index contributed by atoms with van der Waals surface area (Å²) in [6.45, 7) is 21.7. The highest BCUT2D eigenvalue weighted by Crippen LogP contribution is 2.49. The van der Waals surface area contributed by atoms with Crippen molar-refractivity contribution in [2.24, 2.45) is 23.7 Å². The minimum absolute atomic E-state index is 0.487. The van der Waals surface area contributed by atoms with E-state index in [1.54, 1.807) is 0 Å². The predicted octanol–water partition coefficient (Wildman–Crippen LogP) is 9.06. The molecule has 0 aromatic rings. The van der Waals surface area contributed by atoms with Crippen molar-refractivity contribution in [1.29, 1.82) is 0 Å². The maximum atomic E-state index is 13.2. The van der Waals surface area contributed by atoms with E-state index >= 15 is 0 Å². The fourth-order valence-corrected chi connectivity index (χ4v) is 7.96. The molecule has 8 nitrogen and oxygen atoms in total. The van der Waals surface area contributed by atoms with E-state index in [1.807, 2.05) is 62.1 Å². The second kappa shape index (κ2) is 17.6. The van der Waals surface area contributed by atoms with E-state index in [0.29, 0.717) is 13.2 Å². The van der Waals surface area contributed by atoms with E-state index < -0.39 is 57.8 Å². The normalized spacial score (nSPS) is 24.9. The van der Waals surface area contributed by atoms with E-state index in [-0.39, 0.29) is 0 Å². The summed E-state index contributed by atoms with van der Waals surface area (Å²) in [4.78, 5) is 39.4. The highest BCUT2D eigenvalue weighted by atomic mass is 16.7. The van der Waals surface area contributed by atoms with Gasteiger partial charge in [0.25, 0.3) is 0 Å². The molecule has 266 valence electrons. The van der Waals surface area contributed by atoms with Crippen LogP contribution in [-0.4, -0.2) is 67.6 Å². The lowest BCUT2D eigenvalue weighted by atomic mass is 9.61. The highest BCUT2D eigenvalue weighted by Gasteiger charge is 2.58. The molecule has 0 spiro atoms. The molecule has 4 atom stereocenters. The summed E-state index contributed by atoms with van der Waals surface area (Å²) in [6, 6.07) is 0. The molecule has 0 bridgehead atoms. The van der Waals surface area contributed by atoms with Gasteiger partial charge < -0.3 is 10.2 Å². The monoisotopic (exact) mass is 649 g/mol. The van der Waals surface area contributed by atoms with Crippen molar-refractivity contribution in [3.63, 3.8) is 0 Å². The van der Waals surface area contributed by atoms with E-state index in [0.717, 1.165) is 25.7 Å². The first-order chi connectivity index (χ1) is 21.5. The molecule has 2 rings (SSSR count). The van der Waals surface area contributed by atoms with Gasteiger partial charge in [-0.2, -0.15) is 10.1 Å². The van der Waals surface area contributed by atoms with Crippen LogP contribution in [0.25, 0.3) is 0 Å². The number of carboxylic acids is 2. The molecule has 8 heteroatoms. The van der Waals surface area contributed by atoms with Crippen molar-refractivity contribution < 1.29 is 29.5 Å². The lowest BCUT2D eigenvalue weighted by Gasteiger charge is -2.56. The van der Waals surface area contributed by atoms with Crippen molar-refractivity contribution in [1.82, 2.24) is 10.1 Å². The van der Waals surface area contributed by atoms with Crippen molar-refractivity contribution in [2.45, 2.75) is 168 Å². The molecule has 46 heavy (non-hydrogen) atoms. The molecule has 0 amide bonds. The zero-order valence-electron chi connectivity index (χ0n) is 30.9. The molecule has 0 fully saturated rings. The summed E-state index contributed by atoms with van der Waals surface area (Å²) in [5, 5.41) is 25.5. The summed E-state index contributed by atoms with van der Waals surface area (Å²) >= 11 is 0. The summed E-state index contributed by atoms with van der Waals surface area (Å²) in [5.41, 5.74) is -2.54. The van der Waals surface area contributed by atoms with Crippen molar-refractivity contribution in [2.75, 3.05) is 13.2 Å². The second-order valence-corrected chi connectivity index (χ2v) is 15.9.